The van der Waals surface area contributed by atoms with Crippen molar-refractivity contribution < 1.29 is 10.2 Å². The van der Waals surface area contributed by atoms with Gasteiger partial charge in [0.2, 0.25) is 0 Å². The van der Waals surface area contributed by atoms with Crippen LogP contribution in [0.15, 0.2) is 30.3 Å². The minimum atomic E-state index is -0.563. The molecule has 3 nitrogen and oxygen atoms in total. The van der Waals surface area contributed by atoms with Crippen molar-refractivity contribution in [1.29, 1.82) is 0 Å². The van der Waals surface area contributed by atoms with Crippen molar-refractivity contribution in [3.63, 3.8) is 0 Å². The molecule has 0 unspecified atom stereocenters. The van der Waals surface area contributed by atoms with E-state index >= 15 is 0 Å². The monoisotopic (exact) mass is 235 g/mol. The molecule has 3 N–H and O–H groups in total. The van der Waals surface area contributed by atoms with Crippen LogP contribution in [0.1, 0.15) is 24.8 Å². The van der Waals surface area contributed by atoms with Crippen molar-refractivity contribution in [1.82, 2.24) is 5.32 Å². The third-order valence-electron chi connectivity index (χ3n) is 3.53. The van der Waals surface area contributed by atoms with Crippen molar-refractivity contribution in [3.05, 3.63) is 35.9 Å². The maximum Gasteiger partial charge on any atom is 0.0839 e. The van der Waals surface area contributed by atoms with E-state index in [-0.39, 0.29) is 5.92 Å². The van der Waals surface area contributed by atoms with Crippen LogP contribution in [0.25, 0.3) is 0 Å². The Morgan fingerprint density at radius 1 is 1.12 bits per heavy atom. The molecule has 0 aliphatic heterocycles. The fourth-order valence-electron chi connectivity index (χ4n) is 2.47. The van der Waals surface area contributed by atoms with E-state index in [4.69, 9.17) is 0 Å². The Labute approximate surface area is 102 Å². The maximum absolute atomic E-state index is 9.84. The summed E-state index contributed by atoms with van der Waals surface area (Å²) in [7, 11) is 0. The standard InChI is InChI=1S/C14H21NO2/c16-13-8-4-7-12(14(13)17)10-15-9-11-5-2-1-3-6-11/h1-3,5-6,12-17H,4,7-10H2/t12-,13+,14+/m0/s1. The summed E-state index contributed by atoms with van der Waals surface area (Å²) in [4.78, 5) is 0. The van der Waals surface area contributed by atoms with Gasteiger partial charge < -0.3 is 15.5 Å². The first-order chi connectivity index (χ1) is 8.27. The molecule has 0 radical (unpaired) electrons. The number of nitrogens with one attached hydrogen (secondary N) is 1. The van der Waals surface area contributed by atoms with E-state index in [0.29, 0.717) is 0 Å². The Morgan fingerprint density at radius 2 is 1.88 bits per heavy atom. The van der Waals surface area contributed by atoms with Crippen molar-refractivity contribution in [2.45, 2.75) is 38.0 Å². The molecule has 1 aromatic carbocycles. The van der Waals surface area contributed by atoms with E-state index in [2.05, 4.69) is 17.4 Å². The highest BCUT2D eigenvalue weighted by molar-refractivity contribution is 5.14. The fraction of sp³-hybridized carbons (Fsp3) is 0.571. The van der Waals surface area contributed by atoms with Crippen molar-refractivity contribution in [2.24, 2.45) is 5.92 Å². The van der Waals surface area contributed by atoms with E-state index in [1.165, 1.54) is 5.56 Å². The SMILES string of the molecule is O[C@@H]1[C@H](CNCc2ccccc2)CCC[C@H]1O. The Bertz CT molecular complexity index is 328. The molecule has 0 saturated heterocycles. The van der Waals surface area contributed by atoms with E-state index in [1.54, 1.807) is 0 Å². The number of aliphatic hydroxyl groups excluding tert-OH is 2. The fourth-order valence-corrected chi connectivity index (χ4v) is 2.47. The van der Waals surface area contributed by atoms with Crippen molar-refractivity contribution in [3.8, 4) is 0 Å². The molecule has 1 saturated carbocycles. The quantitative estimate of drug-likeness (QED) is 0.737. The molecule has 0 bridgehead atoms. The van der Waals surface area contributed by atoms with Gasteiger partial charge in [-0.3, -0.25) is 0 Å². The summed E-state index contributed by atoms with van der Waals surface area (Å²) in [5, 5.41) is 22.8. The van der Waals surface area contributed by atoms with Gasteiger partial charge in [-0.1, -0.05) is 36.8 Å². The average molecular weight is 235 g/mol. The van der Waals surface area contributed by atoms with Crippen LogP contribution in [-0.2, 0) is 6.54 Å². The van der Waals surface area contributed by atoms with Gasteiger partial charge >= 0.3 is 0 Å². The van der Waals surface area contributed by atoms with E-state index < -0.39 is 12.2 Å². The summed E-state index contributed by atoms with van der Waals surface area (Å²) in [6.45, 7) is 1.59. The highest BCUT2D eigenvalue weighted by Gasteiger charge is 2.29. The van der Waals surface area contributed by atoms with Crippen molar-refractivity contribution >= 4 is 0 Å². The summed E-state index contributed by atoms with van der Waals surface area (Å²) in [6, 6.07) is 10.2. The molecule has 0 spiro atoms. The molecule has 3 heteroatoms. The van der Waals surface area contributed by atoms with Crippen LogP contribution in [0.4, 0.5) is 0 Å². The molecule has 2 rings (SSSR count). The Morgan fingerprint density at radius 3 is 2.65 bits per heavy atom. The van der Waals surface area contributed by atoms with E-state index in [9.17, 15) is 10.2 Å². The third-order valence-corrected chi connectivity index (χ3v) is 3.53. The summed E-state index contributed by atoms with van der Waals surface area (Å²) in [6.07, 6.45) is 1.64. The molecule has 1 aliphatic carbocycles. The van der Waals surface area contributed by atoms with Crippen LogP contribution < -0.4 is 5.32 Å². The third kappa shape index (κ3) is 3.53. The lowest BCUT2D eigenvalue weighted by molar-refractivity contribution is -0.0439. The number of benzene rings is 1. The normalized spacial score (nSPS) is 29.2. The Hall–Kier alpha value is -0.900. The van der Waals surface area contributed by atoms with Gasteiger partial charge in [0, 0.05) is 13.1 Å². The van der Waals surface area contributed by atoms with Crippen molar-refractivity contribution in [2.75, 3.05) is 6.54 Å². The van der Waals surface area contributed by atoms with Gasteiger partial charge in [0.15, 0.2) is 0 Å². The van der Waals surface area contributed by atoms with Crippen LogP contribution in [0, 0.1) is 5.92 Å². The zero-order valence-electron chi connectivity index (χ0n) is 10.0. The second-order valence-corrected chi connectivity index (χ2v) is 4.87. The van der Waals surface area contributed by atoms with Gasteiger partial charge in [0.05, 0.1) is 12.2 Å². The molecule has 17 heavy (non-hydrogen) atoms. The zero-order valence-corrected chi connectivity index (χ0v) is 10.0. The molecule has 3 atom stereocenters. The van der Waals surface area contributed by atoms with Gasteiger partial charge in [0.1, 0.15) is 0 Å². The first-order valence-electron chi connectivity index (χ1n) is 6.38. The summed E-state index contributed by atoms with van der Waals surface area (Å²) < 4.78 is 0. The second kappa shape index (κ2) is 6.15. The zero-order chi connectivity index (χ0) is 12.1. The van der Waals surface area contributed by atoms with Gasteiger partial charge in [0.25, 0.3) is 0 Å². The lowest BCUT2D eigenvalue weighted by Gasteiger charge is -2.31. The molecule has 0 heterocycles. The largest absolute Gasteiger partial charge is 0.390 e. The molecule has 0 amide bonds. The second-order valence-electron chi connectivity index (χ2n) is 4.87. The minimum absolute atomic E-state index is 0.183. The van der Waals surface area contributed by atoms with E-state index in [1.807, 2.05) is 18.2 Å². The molecule has 1 aliphatic rings. The van der Waals surface area contributed by atoms with E-state index in [0.717, 1.165) is 32.4 Å². The topological polar surface area (TPSA) is 52.5 Å². The van der Waals surface area contributed by atoms with Crippen LogP contribution in [0.2, 0.25) is 0 Å². The van der Waals surface area contributed by atoms with Gasteiger partial charge in [-0.15, -0.1) is 0 Å². The lowest BCUT2D eigenvalue weighted by Crippen LogP contribution is -2.42. The number of rotatable bonds is 4. The predicted octanol–water partition coefficient (Wildman–Crippen LogP) is 1.30. The Kier molecular flexibility index (Phi) is 4.54. The summed E-state index contributed by atoms with van der Waals surface area (Å²) >= 11 is 0. The molecular weight excluding hydrogens is 214 g/mol. The highest BCUT2D eigenvalue weighted by atomic mass is 16.3. The summed E-state index contributed by atoms with van der Waals surface area (Å²) in [5.74, 6) is 0.183. The molecule has 94 valence electrons. The van der Waals surface area contributed by atoms with Gasteiger partial charge in [-0.2, -0.15) is 0 Å². The van der Waals surface area contributed by atoms with Crippen LogP contribution in [0.5, 0.6) is 0 Å². The lowest BCUT2D eigenvalue weighted by atomic mass is 9.84. The smallest absolute Gasteiger partial charge is 0.0839 e. The van der Waals surface area contributed by atoms with Crippen LogP contribution in [-0.4, -0.2) is 29.0 Å². The molecule has 0 aromatic heterocycles. The van der Waals surface area contributed by atoms with Crippen LogP contribution in [0.3, 0.4) is 0 Å². The summed E-state index contributed by atoms with van der Waals surface area (Å²) in [5.41, 5.74) is 1.25. The first-order valence-corrected chi connectivity index (χ1v) is 6.38. The predicted molar refractivity (Wildman–Crippen MR) is 67.5 cm³/mol. The average Bonchev–Trinajstić information content (AvgIpc) is 2.36. The number of hydrogen-bond donors (Lipinski definition) is 3. The molecule has 1 fully saturated rings. The molecular formula is C14H21NO2. The van der Waals surface area contributed by atoms with Gasteiger partial charge in [-0.25, -0.2) is 0 Å². The highest BCUT2D eigenvalue weighted by Crippen LogP contribution is 2.24. The number of hydrogen-bond acceptors (Lipinski definition) is 3. The molecule has 1 aromatic rings. The van der Waals surface area contributed by atoms with Crippen LogP contribution >= 0.6 is 0 Å². The Balaban J connectivity index is 1.75. The first kappa shape index (κ1) is 12.6. The minimum Gasteiger partial charge on any atom is -0.390 e. The van der Waals surface area contributed by atoms with Gasteiger partial charge in [-0.05, 0) is 24.3 Å². The maximum atomic E-state index is 9.84. The number of aliphatic hydroxyl groups is 2.